The molecular formula is C11H16BrN3O2S. The third-order valence-corrected chi connectivity index (χ3v) is 4.84. The Bertz CT molecular complexity index is 501. The van der Waals surface area contributed by atoms with Gasteiger partial charge in [-0.3, -0.25) is 4.98 Å². The van der Waals surface area contributed by atoms with Gasteiger partial charge in [0.05, 0.1) is 0 Å². The number of sulfonamides is 1. The first-order valence-electron chi connectivity index (χ1n) is 5.89. The number of aromatic nitrogens is 1. The maximum absolute atomic E-state index is 12.0. The molecule has 0 aromatic carbocycles. The molecule has 0 atom stereocenters. The van der Waals surface area contributed by atoms with E-state index in [1.165, 1.54) is 6.20 Å². The highest BCUT2D eigenvalue weighted by molar-refractivity contribution is 9.10. The van der Waals surface area contributed by atoms with E-state index in [0.29, 0.717) is 16.9 Å². The quantitative estimate of drug-likeness (QED) is 0.866. The molecule has 2 heterocycles. The zero-order chi connectivity index (χ0) is 13.0. The van der Waals surface area contributed by atoms with Crippen molar-refractivity contribution in [2.45, 2.75) is 17.7 Å². The molecule has 7 heteroatoms. The molecule has 0 aliphatic carbocycles. The molecule has 1 aromatic rings. The lowest BCUT2D eigenvalue weighted by atomic mass is 9.99. The van der Waals surface area contributed by atoms with Gasteiger partial charge in [-0.05, 0) is 53.8 Å². The molecule has 18 heavy (non-hydrogen) atoms. The molecule has 1 fully saturated rings. The van der Waals surface area contributed by atoms with Gasteiger partial charge in [-0.2, -0.15) is 0 Å². The number of hydrogen-bond acceptors (Lipinski definition) is 4. The molecule has 0 spiro atoms. The molecular weight excluding hydrogens is 318 g/mol. The SMILES string of the molecule is O=S(=O)(NCC1CCNCC1)c1cncc(Br)c1. The third kappa shape index (κ3) is 3.74. The molecule has 2 rings (SSSR count). The van der Waals surface area contributed by atoms with Crippen LogP contribution in [0.3, 0.4) is 0 Å². The van der Waals surface area contributed by atoms with Gasteiger partial charge in [0.1, 0.15) is 4.90 Å². The van der Waals surface area contributed by atoms with E-state index in [4.69, 9.17) is 0 Å². The van der Waals surface area contributed by atoms with Crippen molar-refractivity contribution in [3.8, 4) is 0 Å². The largest absolute Gasteiger partial charge is 0.317 e. The summed E-state index contributed by atoms with van der Waals surface area (Å²) < 4.78 is 27.4. The first kappa shape index (κ1) is 13.9. The van der Waals surface area contributed by atoms with Crippen LogP contribution in [0, 0.1) is 5.92 Å². The number of nitrogens with one attached hydrogen (secondary N) is 2. The molecule has 2 N–H and O–H groups in total. The average molecular weight is 334 g/mol. The Morgan fingerprint density at radius 1 is 1.39 bits per heavy atom. The van der Waals surface area contributed by atoms with Crippen LogP contribution in [-0.2, 0) is 10.0 Å². The molecule has 100 valence electrons. The van der Waals surface area contributed by atoms with Crippen LogP contribution >= 0.6 is 15.9 Å². The van der Waals surface area contributed by atoms with Crippen LogP contribution in [0.15, 0.2) is 27.8 Å². The van der Waals surface area contributed by atoms with E-state index in [2.05, 4.69) is 31.0 Å². The number of piperidine rings is 1. The summed E-state index contributed by atoms with van der Waals surface area (Å²) in [5.74, 6) is 0.418. The standard InChI is InChI=1S/C11H16BrN3O2S/c12-10-5-11(8-14-7-10)18(16,17)15-6-9-1-3-13-4-2-9/h5,7-9,13,15H,1-4,6H2. The van der Waals surface area contributed by atoms with Crippen LogP contribution in [0.2, 0.25) is 0 Å². The van der Waals surface area contributed by atoms with Crippen molar-refractivity contribution < 1.29 is 8.42 Å². The van der Waals surface area contributed by atoms with Gasteiger partial charge in [0.2, 0.25) is 10.0 Å². The van der Waals surface area contributed by atoms with E-state index < -0.39 is 10.0 Å². The topological polar surface area (TPSA) is 71.1 Å². The van der Waals surface area contributed by atoms with E-state index in [0.717, 1.165) is 25.9 Å². The fourth-order valence-corrected chi connectivity index (χ4v) is 3.56. The van der Waals surface area contributed by atoms with Crippen LogP contribution in [0.5, 0.6) is 0 Å². The second-order valence-electron chi connectivity index (χ2n) is 4.38. The van der Waals surface area contributed by atoms with Crippen LogP contribution in [0.4, 0.5) is 0 Å². The summed E-state index contributed by atoms with van der Waals surface area (Å²) in [4.78, 5) is 4.07. The van der Waals surface area contributed by atoms with Gasteiger partial charge in [0, 0.05) is 23.4 Å². The molecule has 1 aliphatic heterocycles. The first-order chi connectivity index (χ1) is 8.58. The van der Waals surface area contributed by atoms with Gasteiger partial charge >= 0.3 is 0 Å². The molecule has 0 amide bonds. The normalized spacial score (nSPS) is 17.8. The average Bonchev–Trinajstić information content (AvgIpc) is 2.38. The minimum absolute atomic E-state index is 0.200. The lowest BCUT2D eigenvalue weighted by Gasteiger charge is -2.22. The summed E-state index contributed by atoms with van der Waals surface area (Å²) in [5, 5.41) is 3.26. The van der Waals surface area contributed by atoms with Gasteiger partial charge in [0.25, 0.3) is 0 Å². The molecule has 0 bridgehead atoms. The van der Waals surface area contributed by atoms with E-state index in [1.807, 2.05) is 0 Å². The predicted molar refractivity (Wildman–Crippen MR) is 72.7 cm³/mol. The summed E-state index contributed by atoms with van der Waals surface area (Å²) in [7, 11) is -3.45. The van der Waals surface area contributed by atoms with Gasteiger partial charge in [-0.1, -0.05) is 0 Å². The zero-order valence-corrected chi connectivity index (χ0v) is 12.3. The molecule has 1 aromatic heterocycles. The van der Waals surface area contributed by atoms with E-state index in [1.54, 1.807) is 12.3 Å². The Morgan fingerprint density at radius 2 is 2.11 bits per heavy atom. The maximum atomic E-state index is 12.0. The van der Waals surface area contributed by atoms with Crippen molar-refractivity contribution >= 4 is 26.0 Å². The fourth-order valence-electron chi connectivity index (χ4n) is 1.94. The van der Waals surface area contributed by atoms with E-state index >= 15 is 0 Å². The lowest BCUT2D eigenvalue weighted by Crippen LogP contribution is -2.36. The van der Waals surface area contributed by atoms with Crippen molar-refractivity contribution in [3.05, 3.63) is 22.9 Å². The zero-order valence-electron chi connectivity index (χ0n) is 9.89. The van der Waals surface area contributed by atoms with E-state index in [9.17, 15) is 8.42 Å². The smallest absolute Gasteiger partial charge is 0.242 e. The second kappa shape index (κ2) is 6.10. The monoisotopic (exact) mass is 333 g/mol. The number of hydrogen-bond donors (Lipinski definition) is 2. The Kier molecular flexibility index (Phi) is 4.71. The maximum Gasteiger partial charge on any atom is 0.242 e. The van der Waals surface area contributed by atoms with Crippen molar-refractivity contribution in [2.24, 2.45) is 5.92 Å². The van der Waals surface area contributed by atoms with Crippen molar-refractivity contribution in [3.63, 3.8) is 0 Å². The molecule has 5 nitrogen and oxygen atoms in total. The number of halogens is 1. The van der Waals surface area contributed by atoms with Gasteiger partial charge in [-0.25, -0.2) is 13.1 Å². The van der Waals surface area contributed by atoms with Crippen LogP contribution in [-0.4, -0.2) is 33.0 Å². The Hall–Kier alpha value is -0.500. The Morgan fingerprint density at radius 3 is 2.78 bits per heavy atom. The second-order valence-corrected chi connectivity index (χ2v) is 7.07. The summed E-state index contributed by atoms with van der Waals surface area (Å²) in [6.45, 7) is 2.42. The first-order valence-corrected chi connectivity index (χ1v) is 8.16. The molecule has 0 unspecified atom stereocenters. The van der Waals surface area contributed by atoms with Crippen LogP contribution in [0.1, 0.15) is 12.8 Å². The predicted octanol–water partition coefficient (Wildman–Crippen LogP) is 1.12. The highest BCUT2D eigenvalue weighted by Crippen LogP contribution is 2.15. The third-order valence-electron chi connectivity index (χ3n) is 3.01. The highest BCUT2D eigenvalue weighted by atomic mass is 79.9. The summed E-state index contributed by atoms with van der Waals surface area (Å²) in [5.41, 5.74) is 0. The fraction of sp³-hybridized carbons (Fsp3) is 0.545. The summed E-state index contributed by atoms with van der Waals surface area (Å²) in [6, 6.07) is 1.55. The minimum atomic E-state index is -3.45. The highest BCUT2D eigenvalue weighted by Gasteiger charge is 2.19. The van der Waals surface area contributed by atoms with Gasteiger partial charge in [-0.15, -0.1) is 0 Å². The minimum Gasteiger partial charge on any atom is -0.317 e. The van der Waals surface area contributed by atoms with Crippen LogP contribution in [0.25, 0.3) is 0 Å². The Balaban J connectivity index is 1.98. The Labute approximate surface area is 116 Å². The number of pyridine rings is 1. The number of rotatable bonds is 4. The molecule has 0 radical (unpaired) electrons. The molecule has 1 aliphatic rings. The molecule has 0 saturated carbocycles. The van der Waals surface area contributed by atoms with Gasteiger partial charge in [0.15, 0.2) is 0 Å². The van der Waals surface area contributed by atoms with Crippen molar-refractivity contribution in [2.75, 3.05) is 19.6 Å². The van der Waals surface area contributed by atoms with Crippen molar-refractivity contribution in [1.82, 2.24) is 15.0 Å². The van der Waals surface area contributed by atoms with Crippen molar-refractivity contribution in [1.29, 1.82) is 0 Å². The van der Waals surface area contributed by atoms with Gasteiger partial charge < -0.3 is 5.32 Å². The number of nitrogens with zero attached hydrogens (tertiary/aromatic N) is 1. The van der Waals surface area contributed by atoms with E-state index in [-0.39, 0.29) is 4.90 Å². The lowest BCUT2D eigenvalue weighted by molar-refractivity contribution is 0.372. The molecule has 1 saturated heterocycles. The summed E-state index contributed by atoms with van der Waals surface area (Å²) >= 11 is 3.22. The summed E-state index contributed by atoms with van der Waals surface area (Å²) in [6.07, 6.45) is 4.94. The van der Waals surface area contributed by atoms with Crippen LogP contribution < -0.4 is 10.0 Å².